The number of fused-ring (bicyclic) bond motifs is 2. The fourth-order valence-corrected chi connectivity index (χ4v) is 3.56. The first-order valence-electron chi connectivity index (χ1n) is 8.37. The number of anilines is 1. The third-order valence-electron chi connectivity index (χ3n) is 4.80. The molecule has 3 aromatic carbocycles. The summed E-state index contributed by atoms with van der Waals surface area (Å²) in [5.74, 6) is 0. The number of para-hydroxylation sites is 1. The number of rotatable bonds is 4. The summed E-state index contributed by atoms with van der Waals surface area (Å²) in [4.78, 5) is 0. The summed E-state index contributed by atoms with van der Waals surface area (Å²) in [6.07, 6.45) is 1.10. The van der Waals surface area contributed by atoms with Crippen molar-refractivity contribution >= 4 is 16.5 Å². The molecule has 0 spiro atoms. The van der Waals surface area contributed by atoms with Gasteiger partial charge in [-0.3, -0.25) is 0 Å². The maximum Gasteiger partial charge on any atom is 0.0427 e. The van der Waals surface area contributed by atoms with Crippen LogP contribution < -0.4 is 10.6 Å². The maximum atomic E-state index is 3.71. The van der Waals surface area contributed by atoms with Gasteiger partial charge in [-0.25, -0.2) is 0 Å². The van der Waals surface area contributed by atoms with Crippen LogP contribution in [0.25, 0.3) is 10.8 Å². The molecule has 1 aliphatic heterocycles. The van der Waals surface area contributed by atoms with E-state index in [2.05, 4.69) is 84.3 Å². The highest BCUT2D eigenvalue weighted by Crippen LogP contribution is 2.26. The van der Waals surface area contributed by atoms with Gasteiger partial charge in [0, 0.05) is 24.3 Å². The van der Waals surface area contributed by atoms with Crippen LogP contribution in [0.4, 0.5) is 5.69 Å². The lowest BCUT2D eigenvalue weighted by molar-refractivity contribution is 0.541. The van der Waals surface area contributed by atoms with Crippen LogP contribution in [0.1, 0.15) is 24.1 Å². The van der Waals surface area contributed by atoms with Crippen LogP contribution in [0.5, 0.6) is 0 Å². The molecule has 0 amide bonds. The molecule has 0 aromatic heterocycles. The van der Waals surface area contributed by atoms with E-state index in [9.17, 15) is 0 Å². The predicted molar refractivity (Wildman–Crippen MR) is 97.9 cm³/mol. The molecule has 0 aliphatic carbocycles. The summed E-state index contributed by atoms with van der Waals surface area (Å²) in [6, 6.07) is 24.6. The molecule has 0 radical (unpaired) electrons. The van der Waals surface area contributed by atoms with E-state index in [1.54, 1.807) is 0 Å². The molecule has 2 nitrogen and oxygen atoms in total. The Bertz CT molecular complexity index is 794. The van der Waals surface area contributed by atoms with Crippen LogP contribution in [0.2, 0.25) is 0 Å². The summed E-state index contributed by atoms with van der Waals surface area (Å²) in [5.41, 5.74) is 4.09. The highest BCUT2D eigenvalue weighted by molar-refractivity contribution is 5.86. The summed E-state index contributed by atoms with van der Waals surface area (Å²) in [6.45, 7) is 3.23. The van der Waals surface area contributed by atoms with Gasteiger partial charge < -0.3 is 10.6 Å². The predicted octanol–water partition coefficient (Wildman–Crippen LogP) is 4.53. The van der Waals surface area contributed by atoms with Gasteiger partial charge >= 0.3 is 0 Å². The van der Waals surface area contributed by atoms with E-state index in [0.717, 1.165) is 13.0 Å². The van der Waals surface area contributed by atoms with Gasteiger partial charge in [0.25, 0.3) is 0 Å². The molecule has 2 unspecified atom stereocenters. The first-order valence-corrected chi connectivity index (χ1v) is 8.37. The summed E-state index contributed by atoms with van der Waals surface area (Å²) >= 11 is 0. The number of hydrogen-bond acceptors (Lipinski definition) is 2. The monoisotopic (exact) mass is 302 g/mol. The second-order valence-electron chi connectivity index (χ2n) is 6.40. The average Bonchev–Trinajstić information content (AvgIpc) is 3.02. The topological polar surface area (TPSA) is 24.1 Å². The van der Waals surface area contributed by atoms with Gasteiger partial charge in [0.1, 0.15) is 0 Å². The standard InChI is InChI=1S/C21H22N2/c1-15(19-11-6-9-16-7-2-4-10-20(16)19)22-14-18-13-17-8-3-5-12-21(17)23-18/h2-12,15,18,22-23H,13-14H2,1H3. The van der Waals surface area contributed by atoms with Gasteiger partial charge in [-0.2, -0.15) is 0 Å². The molecular formula is C21H22N2. The molecule has 3 aromatic rings. The maximum absolute atomic E-state index is 3.71. The van der Waals surface area contributed by atoms with Crippen molar-refractivity contribution in [1.29, 1.82) is 0 Å². The van der Waals surface area contributed by atoms with Crippen molar-refractivity contribution in [1.82, 2.24) is 5.32 Å². The van der Waals surface area contributed by atoms with Gasteiger partial charge in [-0.05, 0) is 41.3 Å². The lowest BCUT2D eigenvalue weighted by Gasteiger charge is -2.19. The van der Waals surface area contributed by atoms with Crippen LogP contribution in [0, 0.1) is 0 Å². The Morgan fingerprint density at radius 1 is 1.00 bits per heavy atom. The molecule has 23 heavy (non-hydrogen) atoms. The Hall–Kier alpha value is -2.32. The molecule has 2 atom stereocenters. The van der Waals surface area contributed by atoms with Gasteiger partial charge in [0.05, 0.1) is 0 Å². The molecule has 0 saturated heterocycles. The molecule has 2 heteroatoms. The van der Waals surface area contributed by atoms with Gasteiger partial charge in [0.15, 0.2) is 0 Å². The molecule has 1 aliphatic rings. The molecule has 0 bridgehead atoms. The number of nitrogens with one attached hydrogen (secondary N) is 2. The van der Waals surface area contributed by atoms with Crippen molar-refractivity contribution in [2.24, 2.45) is 0 Å². The Labute approximate surface area is 137 Å². The quantitative estimate of drug-likeness (QED) is 0.740. The van der Waals surface area contributed by atoms with Crippen LogP contribution in [-0.2, 0) is 6.42 Å². The van der Waals surface area contributed by atoms with Crippen molar-refractivity contribution < 1.29 is 0 Å². The van der Waals surface area contributed by atoms with E-state index < -0.39 is 0 Å². The van der Waals surface area contributed by atoms with Crippen molar-refractivity contribution in [3.05, 3.63) is 77.9 Å². The fourth-order valence-electron chi connectivity index (χ4n) is 3.56. The van der Waals surface area contributed by atoms with Crippen molar-refractivity contribution in [3.8, 4) is 0 Å². The molecular weight excluding hydrogens is 280 g/mol. The van der Waals surface area contributed by atoms with Crippen molar-refractivity contribution in [2.75, 3.05) is 11.9 Å². The second-order valence-corrected chi connectivity index (χ2v) is 6.40. The van der Waals surface area contributed by atoms with Crippen LogP contribution >= 0.6 is 0 Å². The van der Waals surface area contributed by atoms with E-state index in [1.165, 1.54) is 27.6 Å². The third kappa shape index (κ3) is 2.82. The summed E-state index contributed by atoms with van der Waals surface area (Å²) in [7, 11) is 0. The first-order chi connectivity index (χ1) is 11.3. The Morgan fingerprint density at radius 2 is 1.78 bits per heavy atom. The van der Waals surface area contributed by atoms with Crippen molar-refractivity contribution in [2.45, 2.75) is 25.4 Å². The Balaban J connectivity index is 1.45. The number of hydrogen-bond donors (Lipinski definition) is 2. The molecule has 0 fully saturated rings. The molecule has 2 N–H and O–H groups in total. The van der Waals surface area contributed by atoms with Gasteiger partial charge in [-0.15, -0.1) is 0 Å². The normalized spacial score (nSPS) is 17.7. The first kappa shape index (κ1) is 14.3. The van der Waals surface area contributed by atoms with E-state index in [4.69, 9.17) is 0 Å². The van der Waals surface area contributed by atoms with E-state index in [1.807, 2.05) is 0 Å². The SMILES string of the molecule is CC(NCC1Cc2ccccc2N1)c1cccc2ccccc12. The highest BCUT2D eigenvalue weighted by atomic mass is 15.0. The van der Waals surface area contributed by atoms with Crippen molar-refractivity contribution in [3.63, 3.8) is 0 Å². The fraction of sp³-hybridized carbons (Fsp3) is 0.238. The zero-order valence-electron chi connectivity index (χ0n) is 13.4. The second kappa shape index (κ2) is 6.05. The Morgan fingerprint density at radius 3 is 2.70 bits per heavy atom. The highest BCUT2D eigenvalue weighted by Gasteiger charge is 2.20. The number of benzene rings is 3. The Kier molecular flexibility index (Phi) is 3.76. The molecule has 1 heterocycles. The molecule has 4 rings (SSSR count). The van der Waals surface area contributed by atoms with E-state index >= 15 is 0 Å². The van der Waals surface area contributed by atoms with Crippen LogP contribution in [0.3, 0.4) is 0 Å². The largest absolute Gasteiger partial charge is 0.380 e. The lowest BCUT2D eigenvalue weighted by atomic mass is 9.99. The van der Waals surface area contributed by atoms with Crippen LogP contribution in [-0.4, -0.2) is 12.6 Å². The molecule has 0 saturated carbocycles. The zero-order chi connectivity index (χ0) is 15.6. The van der Waals surface area contributed by atoms with Gasteiger partial charge in [-0.1, -0.05) is 60.7 Å². The zero-order valence-corrected chi connectivity index (χ0v) is 13.4. The minimum atomic E-state index is 0.339. The minimum absolute atomic E-state index is 0.339. The van der Waals surface area contributed by atoms with E-state index in [-0.39, 0.29) is 0 Å². The molecule has 116 valence electrons. The smallest absolute Gasteiger partial charge is 0.0427 e. The average molecular weight is 302 g/mol. The summed E-state index contributed by atoms with van der Waals surface area (Å²) < 4.78 is 0. The van der Waals surface area contributed by atoms with Gasteiger partial charge in [0.2, 0.25) is 0 Å². The summed E-state index contributed by atoms with van der Waals surface area (Å²) in [5, 5.41) is 9.98. The minimum Gasteiger partial charge on any atom is -0.380 e. The third-order valence-corrected chi connectivity index (χ3v) is 4.80. The van der Waals surface area contributed by atoms with E-state index in [0.29, 0.717) is 12.1 Å². The van der Waals surface area contributed by atoms with Crippen LogP contribution in [0.15, 0.2) is 66.7 Å². The lowest BCUT2D eigenvalue weighted by Crippen LogP contribution is -2.33.